The summed E-state index contributed by atoms with van der Waals surface area (Å²) in [5, 5.41) is 3.49. The second-order valence-corrected chi connectivity index (χ2v) is 5.20. The Morgan fingerprint density at radius 1 is 1.26 bits per heavy atom. The van der Waals surface area contributed by atoms with Crippen molar-refractivity contribution < 1.29 is 4.74 Å². The summed E-state index contributed by atoms with van der Waals surface area (Å²) in [4.78, 5) is 9.27. The summed E-state index contributed by atoms with van der Waals surface area (Å²) in [5.41, 5.74) is 2.83. The Bertz CT molecular complexity index is 579. The zero-order valence-corrected chi connectivity index (χ0v) is 11.4. The van der Waals surface area contributed by atoms with E-state index in [-0.39, 0.29) is 0 Å². The van der Waals surface area contributed by atoms with Crippen LogP contribution >= 0.6 is 0 Å². The molecule has 2 unspecified atom stereocenters. The molecule has 0 bridgehead atoms. The molecule has 0 aliphatic carbocycles. The number of nitrogens with zero attached hydrogens (tertiary/aromatic N) is 2. The number of hydrogen-bond donors (Lipinski definition) is 1. The molecule has 1 fully saturated rings. The Morgan fingerprint density at radius 2 is 2.00 bits per heavy atom. The van der Waals surface area contributed by atoms with Crippen molar-refractivity contribution in [3.63, 3.8) is 0 Å². The van der Waals surface area contributed by atoms with E-state index in [2.05, 4.69) is 22.2 Å². The number of anilines is 1. The van der Waals surface area contributed by atoms with Gasteiger partial charge in [-0.1, -0.05) is 12.1 Å². The van der Waals surface area contributed by atoms with Gasteiger partial charge < -0.3 is 10.1 Å². The number of fused-ring (bicyclic) bond motifs is 1. The van der Waals surface area contributed by atoms with E-state index in [1.54, 1.807) is 0 Å². The molecular formula is C15H19N3O. The molecule has 1 aliphatic rings. The van der Waals surface area contributed by atoms with Crippen molar-refractivity contribution in [3.05, 3.63) is 30.0 Å². The standard InChI is InChI=1S/C15H19N3O/c1-10(12-7-8-19-9-12)17-15-11(2)16-13-5-3-4-6-14(13)18-15/h3-6,10,12H,7-9H2,1-2H3,(H,17,18). The summed E-state index contributed by atoms with van der Waals surface area (Å²) < 4.78 is 5.44. The number of nitrogens with one attached hydrogen (secondary N) is 1. The number of rotatable bonds is 3. The third-order valence-corrected chi connectivity index (χ3v) is 3.78. The lowest BCUT2D eigenvalue weighted by molar-refractivity contribution is 0.183. The van der Waals surface area contributed by atoms with Crippen LogP contribution in [0.5, 0.6) is 0 Å². The van der Waals surface area contributed by atoms with Crippen LogP contribution in [0.25, 0.3) is 11.0 Å². The van der Waals surface area contributed by atoms with Crippen molar-refractivity contribution in [1.82, 2.24) is 9.97 Å². The first-order valence-electron chi connectivity index (χ1n) is 6.81. The highest BCUT2D eigenvalue weighted by Crippen LogP contribution is 2.22. The molecule has 1 saturated heterocycles. The Hall–Kier alpha value is -1.68. The molecule has 0 amide bonds. The van der Waals surface area contributed by atoms with Crippen LogP contribution in [0.15, 0.2) is 24.3 Å². The molecule has 19 heavy (non-hydrogen) atoms. The molecule has 2 heterocycles. The van der Waals surface area contributed by atoms with Crippen LogP contribution in [0.4, 0.5) is 5.82 Å². The van der Waals surface area contributed by atoms with E-state index >= 15 is 0 Å². The molecule has 1 aromatic carbocycles. The quantitative estimate of drug-likeness (QED) is 0.918. The molecule has 4 nitrogen and oxygen atoms in total. The first kappa shape index (κ1) is 12.4. The molecule has 100 valence electrons. The minimum absolute atomic E-state index is 0.358. The topological polar surface area (TPSA) is 47.0 Å². The summed E-state index contributed by atoms with van der Waals surface area (Å²) in [6.45, 7) is 5.91. The van der Waals surface area contributed by atoms with Crippen LogP contribution in [-0.4, -0.2) is 29.2 Å². The molecule has 4 heteroatoms. The fourth-order valence-electron chi connectivity index (χ4n) is 2.51. The van der Waals surface area contributed by atoms with Crippen molar-refractivity contribution in [2.24, 2.45) is 5.92 Å². The molecule has 0 saturated carbocycles. The van der Waals surface area contributed by atoms with Crippen LogP contribution in [0, 0.1) is 12.8 Å². The number of ether oxygens (including phenoxy) is 1. The van der Waals surface area contributed by atoms with Gasteiger partial charge in [-0.25, -0.2) is 9.97 Å². The van der Waals surface area contributed by atoms with E-state index in [0.29, 0.717) is 12.0 Å². The van der Waals surface area contributed by atoms with Gasteiger partial charge in [-0.2, -0.15) is 0 Å². The van der Waals surface area contributed by atoms with Crippen molar-refractivity contribution in [2.45, 2.75) is 26.3 Å². The first-order chi connectivity index (χ1) is 9.24. The smallest absolute Gasteiger partial charge is 0.148 e. The van der Waals surface area contributed by atoms with Gasteiger partial charge in [0, 0.05) is 18.6 Å². The maximum atomic E-state index is 5.44. The van der Waals surface area contributed by atoms with E-state index in [1.807, 2.05) is 31.2 Å². The van der Waals surface area contributed by atoms with Gasteiger partial charge in [0.2, 0.25) is 0 Å². The maximum Gasteiger partial charge on any atom is 0.148 e. The lowest BCUT2D eigenvalue weighted by Crippen LogP contribution is -2.27. The van der Waals surface area contributed by atoms with Crippen LogP contribution in [0.3, 0.4) is 0 Å². The summed E-state index contributed by atoms with van der Waals surface area (Å²) in [7, 11) is 0. The first-order valence-corrected chi connectivity index (χ1v) is 6.81. The lowest BCUT2D eigenvalue weighted by atomic mass is 10.0. The molecule has 2 aromatic rings. The Balaban J connectivity index is 1.85. The average molecular weight is 257 g/mol. The van der Waals surface area contributed by atoms with Gasteiger partial charge in [-0.3, -0.25) is 0 Å². The van der Waals surface area contributed by atoms with Crippen LogP contribution < -0.4 is 5.32 Å². The summed E-state index contributed by atoms with van der Waals surface area (Å²) in [6, 6.07) is 8.33. The second kappa shape index (κ2) is 5.13. The van der Waals surface area contributed by atoms with Gasteiger partial charge in [0.15, 0.2) is 0 Å². The molecule has 1 aliphatic heterocycles. The highest BCUT2D eigenvalue weighted by Gasteiger charge is 2.23. The zero-order valence-electron chi connectivity index (χ0n) is 11.4. The SMILES string of the molecule is Cc1nc2ccccc2nc1NC(C)C1CCOC1. The minimum atomic E-state index is 0.358. The normalized spacial score (nSPS) is 20.6. The van der Waals surface area contributed by atoms with E-state index < -0.39 is 0 Å². The highest BCUT2D eigenvalue weighted by atomic mass is 16.5. The van der Waals surface area contributed by atoms with Gasteiger partial charge in [0.1, 0.15) is 5.82 Å². The van der Waals surface area contributed by atoms with Crippen LogP contribution in [-0.2, 0) is 4.74 Å². The number of aromatic nitrogens is 2. The molecule has 1 N–H and O–H groups in total. The third kappa shape index (κ3) is 2.54. The predicted molar refractivity (Wildman–Crippen MR) is 76.3 cm³/mol. The van der Waals surface area contributed by atoms with Crippen LogP contribution in [0.1, 0.15) is 19.0 Å². The fourth-order valence-corrected chi connectivity index (χ4v) is 2.51. The number of hydrogen-bond acceptors (Lipinski definition) is 4. The van der Waals surface area contributed by atoms with E-state index in [0.717, 1.165) is 42.2 Å². The lowest BCUT2D eigenvalue weighted by Gasteiger charge is -2.20. The van der Waals surface area contributed by atoms with Gasteiger partial charge >= 0.3 is 0 Å². The zero-order chi connectivity index (χ0) is 13.2. The Labute approximate surface area is 113 Å². The maximum absolute atomic E-state index is 5.44. The molecule has 2 atom stereocenters. The Morgan fingerprint density at radius 3 is 2.68 bits per heavy atom. The monoisotopic (exact) mass is 257 g/mol. The predicted octanol–water partition coefficient (Wildman–Crippen LogP) is 2.78. The van der Waals surface area contributed by atoms with E-state index in [9.17, 15) is 0 Å². The van der Waals surface area contributed by atoms with Crippen LogP contribution in [0.2, 0.25) is 0 Å². The number of benzene rings is 1. The molecule has 3 rings (SSSR count). The Kier molecular flexibility index (Phi) is 3.34. The molecule has 0 spiro atoms. The third-order valence-electron chi connectivity index (χ3n) is 3.78. The molecular weight excluding hydrogens is 238 g/mol. The fraction of sp³-hybridized carbons (Fsp3) is 0.467. The van der Waals surface area contributed by atoms with Gasteiger partial charge in [0.25, 0.3) is 0 Å². The van der Waals surface area contributed by atoms with Crippen molar-refractivity contribution in [2.75, 3.05) is 18.5 Å². The molecule has 0 radical (unpaired) electrons. The molecule has 1 aromatic heterocycles. The summed E-state index contributed by atoms with van der Waals surface area (Å²) in [5.74, 6) is 1.45. The van der Waals surface area contributed by atoms with E-state index in [4.69, 9.17) is 4.74 Å². The highest BCUT2D eigenvalue weighted by molar-refractivity contribution is 5.76. The average Bonchev–Trinajstić information content (AvgIpc) is 2.93. The summed E-state index contributed by atoms with van der Waals surface area (Å²) in [6.07, 6.45) is 1.12. The van der Waals surface area contributed by atoms with Gasteiger partial charge in [0.05, 0.1) is 23.3 Å². The van der Waals surface area contributed by atoms with Crippen molar-refractivity contribution >= 4 is 16.9 Å². The van der Waals surface area contributed by atoms with Crippen molar-refractivity contribution in [3.8, 4) is 0 Å². The van der Waals surface area contributed by atoms with E-state index in [1.165, 1.54) is 0 Å². The largest absolute Gasteiger partial charge is 0.381 e. The summed E-state index contributed by atoms with van der Waals surface area (Å²) >= 11 is 0. The van der Waals surface area contributed by atoms with Crippen molar-refractivity contribution in [1.29, 1.82) is 0 Å². The van der Waals surface area contributed by atoms with Gasteiger partial charge in [-0.15, -0.1) is 0 Å². The van der Waals surface area contributed by atoms with Gasteiger partial charge in [-0.05, 0) is 32.4 Å². The number of para-hydroxylation sites is 2. The minimum Gasteiger partial charge on any atom is -0.381 e. The number of aryl methyl sites for hydroxylation is 1. The second-order valence-electron chi connectivity index (χ2n) is 5.20.